The molecule has 0 aliphatic carbocycles. The molecule has 0 fully saturated rings. The number of hydrogen-bond donors (Lipinski definition) is 2. The van der Waals surface area contributed by atoms with Gasteiger partial charge in [-0.3, -0.25) is 9.59 Å². The molecule has 4 nitrogen and oxygen atoms in total. The smallest absolute Gasteiger partial charge is 0.253 e. The zero-order chi connectivity index (χ0) is 15.6. The molecule has 0 aliphatic rings. The molecule has 0 bridgehead atoms. The van der Waals surface area contributed by atoms with Crippen LogP contribution >= 0.6 is 11.3 Å². The van der Waals surface area contributed by atoms with Gasteiger partial charge >= 0.3 is 0 Å². The molecular formula is C16H20N2O2S. The average Bonchev–Trinajstić information content (AvgIpc) is 2.94. The summed E-state index contributed by atoms with van der Waals surface area (Å²) in [5, 5.41) is 5.00. The molecule has 0 unspecified atom stereocenters. The van der Waals surface area contributed by atoms with Crippen molar-refractivity contribution in [1.29, 1.82) is 0 Å². The van der Waals surface area contributed by atoms with Crippen molar-refractivity contribution < 1.29 is 9.59 Å². The van der Waals surface area contributed by atoms with Crippen molar-refractivity contribution in [3.8, 4) is 0 Å². The van der Waals surface area contributed by atoms with Gasteiger partial charge in [0, 0.05) is 24.0 Å². The van der Waals surface area contributed by atoms with E-state index >= 15 is 0 Å². The molecule has 0 atom stereocenters. The van der Waals surface area contributed by atoms with Crippen LogP contribution < -0.4 is 5.32 Å². The lowest BCUT2D eigenvalue weighted by molar-refractivity contribution is 0.0953. The van der Waals surface area contributed by atoms with Gasteiger partial charge in [0.05, 0.1) is 11.3 Å². The maximum absolute atomic E-state index is 12.3. The summed E-state index contributed by atoms with van der Waals surface area (Å²) in [6.07, 6.45) is 0.831. The second-order valence-corrected chi connectivity index (χ2v) is 6.21. The number of amides is 1. The molecule has 0 aromatic carbocycles. The van der Waals surface area contributed by atoms with E-state index in [0.717, 1.165) is 17.7 Å². The number of H-pyrrole nitrogens is 1. The van der Waals surface area contributed by atoms with E-state index in [1.165, 1.54) is 17.4 Å². The Morgan fingerprint density at radius 3 is 2.52 bits per heavy atom. The molecule has 0 saturated carbocycles. The lowest BCUT2D eigenvalue weighted by Gasteiger charge is -2.06. The van der Waals surface area contributed by atoms with Crippen LogP contribution in [0.4, 0.5) is 0 Å². The molecule has 0 saturated heterocycles. The lowest BCUT2D eigenvalue weighted by Crippen LogP contribution is -2.26. The Morgan fingerprint density at radius 1 is 1.29 bits per heavy atom. The van der Waals surface area contributed by atoms with Gasteiger partial charge in [0.1, 0.15) is 0 Å². The van der Waals surface area contributed by atoms with Gasteiger partial charge in [0.15, 0.2) is 5.78 Å². The summed E-state index contributed by atoms with van der Waals surface area (Å²) in [4.78, 5) is 28.1. The minimum Gasteiger partial charge on any atom is -0.355 e. The average molecular weight is 304 g/mol. The van der Waals surface area contributed by atoms with Crippen LogP contribution in [0.15, 0.2) is 11.4 Å². The molecule has 0 radical (unpaired) electrons. The van der Waals surface area contributed by atoms with Crippen LogP contribution in [-0.2, 0) is 6.42 Å². The standard InChI is InChI=1S/C16H20N2O2S/c1-9-6-8-21-13(9)5-7-17-16(20)14-10(2)15(12(4)19)18-11(14)3/h6,8,18H,5,7H2,1-4H3,(H,17,20). The van der Waals surface area contributed by atoms with Crippen LogP contribution in [0.2, 0.25) is 0 Å². The van der Waals surface area contributed by atoms with Crippen molar-refractivity contribution in [2.24, 2.45) is 0 Å². The summed E-state index contributed by atoms with van der Waals surface area (Å²) in [5.41, 5.74) is 3.84. The van der Waals surface area contributed by atoms with Crippen LogP contribution in [0.25, 0.3) is 0 Å². The van der Waals surface area contributed by atoms with Crippen LogP contribution in [0.5, 0.6) is 0 Å². The van der Waals surface area contributed by atoms with E-state index in [4.69, 9.17) is 0 Å². The van der Waals surface area contributed by atoms with E-state index in [9.17, 15) is 9.59 Å². The summed E-state index contributed by atoms with van der Waals surface area (Å²) >= 11 is 1.71. The Hall–Kier alpha value is -1.88. The molecule has 112 valence electrons. The molecule has 2 aromatic rings. The molecule has 2 rings (SSSR count). The number of carbonyl (C=O) groups excluding carboxylic acids is 2. The van der Waals surface area contributed by atoms with Gasteiger partial charge in [-0.05, 0) is 49.8 Å². The quantitative estimate of drug-likeness (QED) is 0.833. The second kappa shape index (κ2) is 6.26. The second-order valence-electron chi connectivity index (χ2n) is 5.21. The number of Topliss-reactive ketones (excluding diaryl/α,β-unsaturated/α-hetero) is 1. The number of ketones is 1. The SMILES string of the molecule is CC(=O)c1[nH]c(C)c(C(=O)NCCc2sccc2C)c1C. The first kappa shape index (κ1) is 15.5. The van der Waals surface area contributed by atoms with E-state index in [1.807, 2.05) is 6.92 Å². The van der Waals surface area contributed by atoms with Gasteiger partial charge in [0.2, 0.25) is 0 Å². The first-order valence-corrected chi connectivity index (χ1v) is 7.81. The first-order valence-electron chi connectivity index (χ1n) is 6.93. The highest BCUT2D eigenvalue weighted by molar-refractivity contribution is 7.10. The maximum Gasteiger partial charge on any atom is 0.253 e. The molecule has 21 heavy (non-hydrogen) atoms. The Balaban J connectivity index is 2.04. The van der Waals surface area contributed by atoms with Crippen LogP contribution in [0.3, 0.4) is 0 Å². The Kier molecular flexibility index (Phi) is 4.63. The van der Waals surface area contributed by atoms with E-state index < -0.39 is 0 Å². The number of carbonyl (C=O) groups is 2. The van der Waals surface area contributed by atoms with Crippen molar-refractivity contribution in [3.63, 3.8) is 0 Å². The zero-order valence-corrected chi connectivity index (χ0v) is 13.6. The predicted octanol–water partition coefficient (Wildman–Crippen LogP) is 3.18. The van der Waals surface area contributed by atoms with Crippen molar-refractivity contribution in [2.75, 3.05) is 6.54 Å². The van der Waals surface area contributed by atoms with Crippen LogP contribution in [0.1, 0.15) is 49.5 Å². The molecule has 2 heterocycles. The third-order valence-corrected chi connectivity index (χ3v) is 4.71. The van der Waals surface area contributed by atoms with Crippen LogP contribution in [0, 0.1) is 20.8 Å². The fourth-order valence-corrected chi connectivity index (χ4v) is 3.39. The molecule has 0 spiro atoms. The van der Waals surface area contributed by atoms with Crippen LogP contribution in [-0.4, -0.2) is 23.2 Å². The Labute approximate surface area is 128 Å². The summed E-state index contributed by atoms with van der Waals surface area (Å²) in [6.45, 7) is 7.79. The molecule has 1 amide bonds. The Bertz CT molecular complexity index is 683. The minimum absolute atomic E-state index is 0.0520. The topological polar surface area (TPSA) is 62.0 Å². The molecule has 2 aromatic heterocycles. The van der Waals surface area contributed by atoms with E-state index in [-0.39, 0.29) is 11.7 Å². The van der Waals surface area contributed by atoms with Crippen molar-refractivity contribution in [1.82, 2.24) is 10.3 Å². The fraction of sp³-hybridized carbons (Fsp3) is 0.375. The normalized spacial score (nSPS) is 10.7. The largest absolute Gasteiger partial charge is 0.355 e. The predicted molar refractivity (Wildman–Crippen MR) is 85.4 cm³/mol. The number of hydrogen-bond acceptors (Lipinski definition) is 3. The lowest BCUT2D eigenvalue weighted by atomic mass is 10.1. The number of aromatic nitrogens is 1. The molecule has 5 heteroatoms. The third kappa shape index (κ3) is 3.24. The van der Waals surface area contributed by atoms with Crippen molar-refractivity contribution in [2.45, 2.75) is 34.1 Å². The fourth-order valence-electron chi connectivity index (χ4n) is 2.48. The van der Waals surface area contributed by atoms with Gasteiger partial charge in [-0.15, -0.1) is 11.3 Å². The number of nitrogens with one attached hydrogen (secondary N) is 2. The highest BCUT2D eigenvalue weighted by atomic mass is 32.1. The van der Waals surface area contributed by atoms with E-state index in [1.54, 1.807) is 18.3 Å². The highest BCUT2D eigenvalue weighted by Gasteiger charge is 2.19. The first-order chi connectivity index (χ1) is 9.91. The Morgan fingerprint density at radius 2 is 2.00 bits per heavy atom. The van der Waals surface area contributed by atoms with Gasteiger partial charge in [-0.1, -0.05) is 0 Å². The molecule has 2 N–H and O–H groups in total. The third-order valence-electron chi connectivity index (χ3n) is 3.62. The maximum atomic E-state index is 12.3. The number of rotatable bonds is 5. The van der Waals surface area contributed by atoms with Gasteiger partial charge in [0.25, 0.3) is 5.91 Å². The van der Waals surface area contributed by atoms with Gasteiger partial charge < -0.3 is 10.3 Å². The van der Waals surface area contributed by atoms with Gasteiger partial charge in [-0.25, -0.2) is 0 Å². The minimum atomic E-state index is -0.122. The highest BCUT2D eigenvalue weighted by Crippen LogP contribution is 2.19. The number of aromatic amines is 1. The van der Waals surface area contributed by atoms with Crippen molar-refractivity contribution >= 4 is 23.0 Å². The molecular weight excluding hydrogens is 284 g/mol. The van der Waals surface area contributed by atoms with E-state index in [0.29, 0.717) is 17.8 Å². The van der Waals surface area contributed by atoms with Gasteiger partial charge in [-0.2, -0.15) is 0 Å². The summed E-state index contributed by atoms with van der Waals surface area (Å²) in [6, 6.07) is 2.08. The summed E-state index contributed by atoms with van der Waals surface area (Å²) in [5.74, 6) is -0.174. The summed E-state index contributed by atoms with van der Waals surface area (Å²) < 4.78 is 0. The number of aryl methyl sites for hydroxylation is 2. The van der Waals surface area contributed by atoms with Crippen molar-refractivity contribution in [3.05, 3.63) is 44.4 Å². The zero-order valence-electron chi connectivity index (χ0n) is 12.8. The summed E-state index contributed by atoms with van der Waals surface area (Å²) in [7, 11) is 0. The molecule has 0 aliphatic heterocycles. The monoisotopic (exact) mass is 304 g/mol. The van der Waals surface area contributed by atoms with E-state index in [2.05, 4.69) is 28.7 Å². The number of thiophene rings is 1.